The quantitative estimate of drug-likeness (QED) is 0.848. The maximum absolute atomic E-state index is 12.1. The van der Waals surface area contributed by atoms with Gasteiger partial charge in [-0.05, 0) is 36.5 Å². The summed E-state index contributed by atoms with van der Waals surface area (Å²) < 4.78 is 40.9. The van der Waals surface area contributed by atoms with Gasteiger partial charge in [0.1, 0.15) is 5.75 Å². The molecule has 2 N–H and O–H groups in total. The number of halogens is 3. The Morgan fingerprint density at radius 2 is 1.88 bits per heavy atom. The molecule has 1 aliphatic rings. The van der Waals surface area contributed by atoms with E-state index in [0.717, 1.165) is 24.8 Å². The van der Waals surface area contributed by atoms with E-state index in [4.69, 9.17) is 0 Å². The number of benzene rings is 1. The standard InChI is InChI=1S/C17H23F3N2O2/c1-12-4-2-3-5-15(12)22-16(23)21-10-13-6-8-14(9-7-13)24-11-17(18,19)20/h6-9,12,15H,2-5,10-11H2,1H3,(H2,21,22,23). The fourth-order valence-corrected chi connectivity index (χ4v) is 2.80. The Hall–Kier alpha value is -1.92. The van der Waals surface area contributed by atoms with Gasteiger partial charge in [0.2, 0.25) is 0 Å². The van der Waals surface area contributed by atoms with Crippen molar-refractivity contribution in [3.05, 3.63) is 29.8 Å². The number of carbonyl (C=O) groups is 1. The molecule has 4 nitrogen and oxygen atoms in total. The van der Waals surface area contributed by atoms with Crippen LogP contribution in [0.3, 0.4) is 0 Å². The fourth-order valence-electron chi connectivity index (χ4n) is 2.80. The SMILES string of the molecule is CC1CCCCC1NC(=O)NCc1ccc(OCC(F)(F)F)cc1. The van der Waals surface area contributed by atoms with Gasteiger partial charge in [0.15, 0.2) is 6.61 Å². The molecular weight excluding hydrogens is 321 g/mol. The summed E-state index contributed by atoms with van der Waals surface area (Å²) in [5.41, 5.74) is 0.793. The van der Waals surface area contributed by atoms with Crippen molar-refractivity contribution in [2.45, 2.75) is 51.4 Å². The van der Waals surface area contributed by atoms with E-state index in [1.165, 1.54) is 18.6 Å². The lowest BCUT2D eigenvalue weighted by Crippen LogP contribution is -2.45. The van der Waals surface area contributed by atoms with Gasteiger partial charge in [0.25, 0.3) is 0 Å². The van der Waals surface area contributed by atoms with E-state index in [1.54, 1.807) is 12.1 Å². The molecule has 0 radical (unpaired) electrons. The Morgan fingerprint density at radius 1 is 1.21 bits per heavy atom. The van der Waals surface area contributed by atoms with Crippen LogP contribution in [0, 0.1) is 5.92 Å². The molecule has 0 heterocycles. The molecule has 2 unspecified atom stereocenters. The van der Waals surface area contributed by atoms with Gasteiger partial charge in [-0.1, -0.05) is 31.9 Å². The van der Waals surface area contributed by atoms with Crippen molar-refractivity contribution in [3.8, 4) is 5.75 Å². The van der Waals surface area contributed by atoms with Crippen molar-refractivity contribution in [2.24, 2.45) is 5.92 Å². The highest BCUT2D eigenvalue weighted by Gasteiger charge is 2.28. The van der Waals surface area contributed by atoms with E-state index >= 15 is 0 Å². The molecule has 0 aliphatic heterocycles. The third kappa shape index (κ3) is 6.29. The highest BCUT2D eigenvalue weighted by atomic mass is 19.4. The number of urea groups is 1. The normalized spacial score (nSPS) is 21.2. The van der Waals surface area contributed by atoms with E-state index in [2.05, 4.69) is 22.3 Å². The van der Waals surface area contributed by atoms with Crippen molar-refractivity contribution in [2.75, 3.05) is 6.61 Å². The summed E-state index contributed by atoms with van der Waals surface area (Å²) in [7, 11) is 0. The lowest BCUT2D eigenvalue weighted by molar-refractivity contribution is -0.153. The summed E-state index contributed by atoms with van der Waals surface area (Å²) in [6.45, 7) is 1.14. The maximum Gasteiger partial charge on any atom is 0.422 e. The number of carbonyl (C=O) groups excluding carboxylic acids is 1. The van der Waals surface area contributed by atoms with Crippen LogP contribution in [-0.2, 0) is 6.54 Å². The number of amides is 2. The first-order chi connectivity index (χ1) is 11.3. The molecular formula is C17H23F3N2O2. The second kappa shape index (κ2) is 8.26. The van der Waals surface area contributed by atoms with Crippen LogP contribution in [0.2, 0.25) is 0 Å². The molecule has 0 bridgehead atoms. The topological polar surface area (TPSA) is 50.4 Å². The molecule has 2 rings (SSSR count). The Balaban J connectivity index is 1.74. The van der Waals surface area contributed by atoms with Crippen molar-refractivity contribution in [1.82, 2.24) is 10.6 Å². The molecule has 1 saturated carbocycles. The summed E-state index contributed by atoms with van der Waals surface area (Å²) in [5, 5.41) is 5.76. The fraction of sp³-hybridized carbons (Fsp3) is 0.588. The predicted molar refractivity (Wildman–Crippen MR) is 84.8 cm³/mol. The Labute approximate surface area is 139 Å². The molecule has 2 atom stereocenters. The van der Waals surface area contributed by atoms with Crippen molar-refractivity contribution >= 4 is 6.03 Å². The van der Waals surface area contributed by atoms with Gasteiger partial charge in [-0.3, -0.25) is 0 Å². The molecule has 1 aliphatic carbocycles. The first-order valence-electron chi connectivity index (χ1n) is 8.16. The Morgan fingerprint density at radius 3 is 2.50 bits per heavy atom. The van der Waals surface area contributed by atoms with Gasteiger partial charge >= 0.3 is 12.2 Å². The minimum Gasteiger partial charge on any atom is -0.484 e. The van der Waals surface area contributed by atoms with Gasteiger partial charge in [0.05, 0.1) is 0 Å². The highest BCUT2D eigenvalue weighted by molar-refractivity contribution is 5.74. The summed E-state index contributed by atoms with van der Waals surface area (Å²) in [6.07, 6.45) is 0.122. The van der Waals surface area contributed by atoms with Crippen LogP contribution >= 0.6 is 0 Å². The Kier molecular flexibility index (Phi) is 6.34. The summed E-state index contributed by atoms with van der Waals surface area (Å²) in [4.78, 5) is 11.9. The van der Waals surface area contributed by atoms with Crippen LogP contribution in [0.15, 0.2) is 24.3 Å². The minimum absolute atomic E-state index is 0.150. The number of ether oxygens (including phenoxy) is 1. The van der Waals surface area contributed by atoms with Crippen LogP contribution in [0.5, 0.6) is 5.75 Å². The first-order valence-corrected chi connectivity index (χ1v) is 8.16. The highest BCUT2D eigenvalue weighted by Crippen LogP contribution is 2.23. The molecule has 0 saturated heterocycles. The molecule has 2 amide bonds. The zero-order valence-electron chi connectivity index (χ0n) is 13.7. The van der Waals surface area contributed by atoms with Crippen LogP contribution in [0.1, 0.15) is 38.2 Å². The van der Waals surface area contributed by atoms with Gasteiger partial charge in [0, 0.05) is 12.6 Å². The number of hydrogen-bond acceptors (Lipinski definition) is 2. The number of nitrogens with one attached hydrogen (secondary N) is 2. The smallest absolute Gasteiger partial charge is 0.422 e. The van der Waals surface area contributed by atoms with Crippen molar-refractivity contribution < 1.29 is 22.7 Å². The van der Waals surface area contributed by atoms with E-state index in [-0.39, 0.29) is 17.8 Å². The predicted octanol–water partition coefficient (Wildman–Crippen LogP) is 4.01. The van der Waals surface area contributed by atoms with Crippen LogP contribution in [0.4, 0.5) is 18.0 Å². The average molecular weight is 344 g/mol. The molecule has 7 heteroatoms. The summed E-state index contributed by atoms with van der Waals surface area (Å²) in [6, 6.07) is 6.18. The van der Waals surface area contributed by atoms with Crippen LogP contribution in [-0.4, -0.2) is 24.9 Å². The van der Waals surface area contributed by atoms with Gasteiger partial charge in [-0.2, -0.15) is 13.2 Å². The molecule has 1 aromatic rings. The lowest BCUT2D eigenvalue weighted by Gasteiger charge is -2.29. The van der Waals surface area contributed by atoms with Crippen LogP contribution < -0.4 is 15.4 Å². The van der Waals surface area contributed by atoms with Gasteiger partial charge in [-0.15, -0.1) is 0 Å². The number of rotatable bonds is 5. The van der Waals surface area contributed by atoms with E-state index in [9.17, 15) is 18.0 Å². The van der Waals surface area contributed by atoms with Crippen molar-refractivity contribution in [3.63, 3.8) is 0 Å². The van der Waals surface area contributed by atoms with E-state index in [0.29, 0.717) is 12.5 Å². The van der Waals surface area contributed by atoms with Gasteiger partial charge < -0.3 is 15.4 Å². The summed E-state index contributed by atoms with van der Waals surface area (Å²) >= 11 is 0. The van der Waals surface area contributed by atoms with Crippen molar-refractivity contribution in [1.29, 1.82) is 0 Å². The molecule has 0 aromatic heterocycles. The molecule has 24 heavy (non-hydrogen) atoms. The number of alkyl halides is 3. The zero-order valence-corrected chi connectivity index (χ0v) is 13.7. The molecule has 1 aromatic carbocycles. The zero-order chi connectivity index (χ0) is 17.6. The lowest BCUT2D eigenvalue weighted by atomic mass is 9.86. The number of hydrogen-bond donors (Lipinski definition) is 2. The first kappa shape index (κ1) is 18.4. The monoisotopic (exact) mass is 344 g/mol. The largest absolute Gasteiger partial charge is 0.484 e. The van der Waals surface area contributed by atoms with E-state index in [1.807, 2.05) is 0 Å². The second-order valence-corrected chi connectivity index (χ2v) is 6.24. The van der Waals surface area contributed by atoms with Gasteiger partial charge in [-0.25, -0.2) is 4.79 Å². The van der Waals surface area contributed by atoms with E-state index < -0.39 is 12.8 Å². The molecule has 134 valence electrons. The van der Waals surface area contributed by atoms with Crippen LogP contribution in [0.25, 0.3) is 0 Å². The maximum atomic E-state index is 12.1. The average Bonchev–Trinajstić information content (AvgIpc) is 2.53. The Bertz CT molecular complexity index is 532. The summed E-state index contributed by atoms with van der Waals surface area (Å²) in [5.74, 6) is 0.631. The second-order valence-electron chi connectivity index (χ2n) is 6.24. The third-order valence-corrected chi connectivity index (χ3v) is 4.21. The third-order valence-electron chi connectivity index (χ3n) is 4.21. The molecule has 1 fully saturated rings. The minimum atomic E-state index is -4.35. The molecule has 0 spiro atoms.